The summed E-state index contributed by atoms with van der Waals surface area (Å²) in [6, 6.07) is 17.2. The van der Waals surface area contributed by atoms with Crippen LogP contribution in [0, 0.1) is 6.92 Å². The van der Waals surface area contributed by atoms with Gasteiger partial charge in [0.05, 0.1) is 11.5 Å². The van der Waals surface area contributed by atoms with Crippen LogP contribution in [0.4, 0.5) is 0 Å². The van der Waals surface area contributed by atoms with Crippen LogP contribution in [0.15, 0.2) is 71.9 Å². The molecule has 0 fully saturated rings. The van der Waals surface area contributed by atoms with Crippen LogP contribution in [0.1, 0.15) is 127 Å². The van der Waals surface area contributed by atoms with Crippen molar-refractivity contribution < 1.29 is 41.7 Å². The Labute approximate surface area is 298 Å². The summed E-state index contributed by atoms with van der Waals surface area (Å²) in [7, 11) is -1.78. The van der Waals surface area contributed by atoms with Gasteiger partial charge < -0.3 is 28.7 Å². The summed E-state index contributed by atoms with van der Waals surface area (Å²) >= 11 is 0. The molecule has 0 aliphatic carbocycles. The zero-order valence-electron chi connectivity index (χ0n) is 29.4. The summed E-state index contributed by atoms with van der Waals surface area (Å²) in [5, 5.41) is 0. The van der Waals surface area contributed by atoms with Crippen molar-refractivity contribution in [2.75, 3.05) is 6.61 Å². The van der Waals surface area contributed by atoms with Crippen molar-refractivity contribution >= 4 is 10.0 Å². The molecule has 0 atom stereocenters. The van der Waals surface area contributed by atoms with Crippen LogP contribution in [-0.2, 0) is 35.6 Å². The minimum atomic E-state index is -3.73. The first-order valence-corrected chi connectivity index (χ1v) is 18.7. The van der Waals surface area contributed by atoms with Gasteiger partial charge in [0, 0.05) is 24.7 Å². The number of halogens is 1. The molecule has 5 nitrogen and oxygen atoms in total. The van der Waals surface area contributed by atoms with E-state index in [1.165, 1.54) is 70.6 Å². The smallest absolute Gasteiger partial charge is 0.243 e. The maximum atomic E-state index is 13.9. The average molecular weight is 763 g/mol. The van der Waals surface area contributed by atoms with Gasteiger partial charge in [0.25, 0.3) is 0 Å². The molecule has 0 bridgehead atoms. The first kappa shape index (κ1) is 40.2. The third-order valence-electron chi connectivity index (χ3n) is 8.49. The van der Waals surface area contributed by atoms with Crippen LogP contribution in [0.2, 0.25) is 0 Å². The van der Waals surface area contributed by atoms with Gasteiger partial charge in [-0.05, 0) is 54.2 Å². The van der Waals surface area contributed by atoms with E-state index in [0.29, 0.717) is 11.5 Å². The fourth-order valence-corrected chi connectivity index (χ4v) is 7.16. The number of aryl methyl sites for hydroxylation is 2. The number of benzene rings is 2. The molecule has 0 radical (unpaired) electrons. The maximum Gasteiger partial charge on any atom is 0.243 e. The Morgan fingerprint density at radius 2 is 1.33 bits per heavy atom. The van der Waals surface area contributed by atoms with E-state index in [9.17, 15) is 8.42 Å². The first-order valence-electron chi connectivity index (χ1n) is 17.3. The van der Waals surface area contributed by atoms with Crippen LogP contribution in [0.5, 0.6) is 5.75 Å². The average Bonchev–Trinajstić information content (AvgIpc) is 2.99. The number of sulfonamides is 1. The van der Waals surface area contributed by atoms with Gasteiger partial charge in [-0.2, -0.15) is 4.31 Å². The molecule has 3 rings (SSSR count). The summed E-state index contributed by atoms with van der Waals surface area (Å²) in [5.41, 5.74) is 3.89. The molecule has 0 unspecified atom stereocenters. The molecule has 0 N–H and O–H groups in total. The highest BCUT2D eigenvalue weighted by atomic mass is 127. The summed E-state index contributed by atoms with van der Waals surface area (Å²) < 4.78 is 37.7. The summed E-state index contributed by atoms with van der Waals surface area (Å²) in [5.74, 6) is 0.900. The fraction of sp³-hybridized carbons (Fsp3) is 0.564. The van der Waals surface area contributed by atoms with Gasteiger partial charge in [0.15, 0.2) is 12.4 Å². The van der Waals surface area contributed by atoms with Crippen LogP contribution >= 0.6 is 0 Å². The maximum absolute atomic E-state index is 13.9. The summed E-state index contributed by atoms with van der Waals surface area (Å²) in [6.45, 7) is 12.1. The monoisotopic (exact) mass is 762 g/mol. The quantitative estimate of drug-likeness (QED) is 0.0742. The molecule has 256 valence electrons. The molecule has 0 aliphatic heterocycles. The Kier molecular flexibility index (Phi) is 17.8. The molecule has 0 saturated carbocycles. The van der Waals surface area contributed by atoms with Gasteiger partial charge in [-0.3, -0.25) is 0 Å². The number of hydrogen-bond acceptors (Lipinski definition) is 3. The molecule has 1 heterocycles. The highest BCUT2D eigenvalue weighted by Gasteiger charge is 2.27. The molecule has 7 heteroatoms. The molecule has 0 amide bonds. The number of unbranched alkanes of at least 4 members (excludes halogenated alkanes) is 11. The van der Waals surface area contributed by atoms with Crippen molar-refractivity contribution in [3.05, 3.63) is 89.2 Å². The minimum absolute atomic E-state index is 0. The molecule has 1 aromatic heterocycles. The van der Waals surface area contributed by atoms with Crippen molar-refractivity contribution in [2.24, 2.45) is 7.05 Å². The van der Waals surface area contributed by atoms with Crippen molar-refractivity contribution in [3.63, 3.8) is 0 Å². The zero-order valence-corrected chi connectivity index (χ0v) is 32.3. The number of rotatable bonds is 20. The standard InChI is InChI=1S/C39H59N2O3S.HI/c1-7-8-9-10-11-12-13-14-15-16-17-18-28-44-38-26-23-34(29-37(38)39(3,4)5)31-41(32-35-20-19-27-40(6)30-35)45(42,43)36-24-21-33(2)22-25-36;/h19-27,29-30H,7-18,28,31-32H2,1-6H3;1H/q+1;/p-1. The van der Waals surface area contributed by atoms with Crippen LogP contribution in [-0.4, -0.2) is 19.3 Å². The normalized spacial score (nSPS) is 11.9. The molecule has 0 spiro atoms. The number of aromatic nitrogens is 1. The predicted octanol–water partition coefficient (Wildman–Crippen LogP) is 6.59. The van der Waals surface area contributed by atoms with E-state index in [4.69, 9.17) is 4.74 Å². The SMILES string of the molecule is CCCCCCCCCCCCCCOc1ccc(CN(Cc2ccc[n+](C)c2)S(=O)(=O)c2ccc(C)cc2)cc1C(C)(C)C.[I-]. The van der Waals surface area contributed by atoms with Crippen molar-refractivity contribution in [2.45, 2.75) is 135 Å². The van der Waals surface area contributed by atoms with Gasteiger partial charge in [0.2, 0.25) is 10.0 Å². The van der Waals surface area contributed by atoms with Gasteiger partial charge in [0.1, 0.15) is 12.8 Å². The van der Waals surface area contributed by atoms with Crippen LogP contribution in [0.3, 0.4) is 0 Å². The van der Waals surface area contributed by atoms with E-state index in [1.54, 1.807) is 16.4 Å². The molecular weight excluding hydrogens is 703 g/mol. The highest BCUT2D eigenvalue weighted by Crippen LogP contribution is 2.33. The van der Waals surface area contributed by atoms with Crippen LogP contribution in [0.25, 0.3) is 0 Å². The predicted molar refractivity (Wildman–Crippen MR) is 187 cm³/mol. The Hall–Kier alpha value is -1.97. The second-order valence-electron chi connectivity index (χ2n) is 13.8. The Bertz CT molecular complexity index is 1400. The van der Waals surface area contributed by atoms with E-state index in [0.717, 1.165) is 34.4 Å². The number of pyridine rings is 1. The van der Waals surface area contributed by atoms with Crippen molar-refractivity contribution in [3.8, 4) is 5.75 Å². The van der Waals surface area contributed by atoms with E-state index in [2.05, 4.69) is 33.8 Å². The molecule has 46 heavy (non-hydrogen) atoms. The molecule has 3 aromatic rings. The van der Waals surface area contributed by atoms with E-state index in [1.807, 2.05) is 67.3 Å². The fourth-order valence-electron chi connectivity index (χ4n) is 5.75. The van der Waals surface area contributed by atoms with Gasteiger partial charge in [-0.25, -0.2) is 13.0 Å². The lowest BCUT2D eigenvalue weighted by atomic mass is 9.85. The largest absolute Gasteiger partial charge is 1.00 e. The third kappa shape index (κ3) is 13.6. The van der Waals surface area contributed by atoms with Gasteiger partial charge >= 0.3 is 0 Å². The molecule has 2 aromatic carbocycles. The van der Waals surface area contributed by atoms with Crippen molar-refractivity contribution in [1.82, 2.24) is 4.31 Å². The molecular formula is C39H59IN2O3S. The summed E-state index contributed by atoms with van der Waals surface area (Å²) in [6.07, 6.45) is 19.8. The lowest BCUT2D eigenvalue weighted by molar-refractivity contribution is -0.672. The third-order valence-corrected chi connectivity index (χ3v) is 10.3. The second kappa shape index (κ2) is 20.4. The number of nitrogens with zero attached hydrogens (tertiary/aromatic N) is 2. The van der Waals surface area contributed by atoms with Gasteiger partial charge in [-0.15, -0.1) is 0 Å². The van der Waals surface area contributed by atoms with E-state index < -0.39 is 10.0 Å². The van der Waals surface area contributed by atoms with Gasteiger partial charge in [-0.1, -0.05) is 128 Å². The molecule has 0 aliphatic rings. The highest BCUT2D eigenvalue weighted by molar-refractivity contribution is 7.89. The zero-order chi connectivity index (χ0) is 32.7. The topological polar surface area (TPSA) is 50.5 Å². The van der Waals surface area contributed by atoms with E-state index in [-0.39, 0.29) is 42.5 Å². The Balaban J connectivity index is 0.00000736. The summed E-state index contributed by atoms with van der Waals surface area (Å²) in [4.78, 5) is 0.312. The number of ether oxygens (including phenoxy) is 1. The van der Waals surface area contributed by atoms with Crippen molar-refractivity contribution in [1.29, 1.82) is 0 Å². The first-order chi connectivity index (χ1) is 21.5. The second-order valence-corrected chi connectivity index (χ2v) is 15.7. The van der Waals surface area contributed by atoms with E-state index >= 15 is 0 Å². The number of hydrogen-bond donors (Lipinski definition) is 0. The Morgan fingerprint density at radius 1 is 0.761 bits per heavy atom. The minimum Gasteiger partial charge on any atom is -1.00 e. The molecule has 0 saturated heterocycles. The van der Waals surface area contributed by atoms with Crippen LogP contribution < -0.4 is 33.3 Å². The Morgan fingerprint density at radius 3 is 1.89 bits per heavy atom. The lowest BCUT2D eigenvalue weighted by Crippen LogP contribution is -3.00. The lowest BCUT2D eigenvalue weighted by Gasteiger charge is -2.26.